The second-order valence-electron chi connectivity index (χ2n) is 7.13. The summed E-state index contributed by atoms with van der Waals surface area (Å²) in [5, 5.41) is 4.84. The maximum Gasteiger partial charge on any atom is 0.266 e. The fourth-order valence-corrected chi connectivity index (χ4v) is 5.14. The van der Waals surface area contributed by atoms with E-state index in [4.69, 9.17) is 27.9 Å². The highest BCUT2D eigenvalue weighted by atomic mass is 35.5. The van der Waals surface area contributed by atoms with Crippen LogP contribution in [0.15, 0.2) is 41.4 Å². The molecule has 9 nitrogen and oxygen atoms in total. The van der Waals surface area contributed by atoms with Gasteiger partial charge in [-0.05, 0) is 37.6 Å². The lowest BCUT2D eigenvalue weighted by Gasteiger charge is -2.19. The van der Waals surface area contributed by atoms with Gasteiger partial charge in [0.15, 0.2) is 5.82 Å². The van der Waals surface area contributed by atoms with E-state index in [1.54, 1.807) is 24.0 Å². The fourth-order valence-electron chi connectivity index (χ4n) is 3.45. The molecule has 0 spiro atoms. The third kappa shape index (κ3) is 4.25. The third-order valence-corrected chi connectivity index (χ3v) is 6.74. The van der Waals surface area contributed by atoms with Gasteiger partial charge in [-0.1, -0.05) is 23.2 Å². The predicted molar refractivity (Wildman–Crippen MR) is 122 cm³/mol. The highest BCUT2D eigenvalue weighted by Gasteiger charge is 2.27. The molecule has 168 valence electrons. The molecule has 2 aromatic heterocycles. The van der Waals surface area contributed by atoms with Crippen LogP contribution in [-0.2, 0) is 14.8 Å². The number of nitrogens with zero attached hydrogens (tertiary/aromatic N) is 4. The van der Waals surface area contributed by atoms with Gasteiger partial charge >= 0.3 is 0 Å². The number of aryl methyl sites for hydroxylation is 1. The molecule has 1 aliphatic rings. The van der Waals surface area contributed by atoms with Crippen LogP contribution in [0.5, 0.6) is 5.75 Å². The van der Waals surface area contributed by atoms with Crippen molar-refractivity contribution in [2.24, 2.45) is 0 Å². The van der Waals surface area contributed by atoms with Gasteiger partial charge in [0.1, 0.15) is 16.5 Å². The first kappa shape index (κ1) is 22.4. The smallest absolute Gasteiger partial charge is 0.266 e. The summed E-state index contributed by atoms with van der Waals surface area (Å²) in [4.78, 5) is 17.7. The van der Waals surface area contributed by atoms with Crippen LogP contribution in [-0.4, -0.2) is 42.7 Å². The summed E-state index contributed by atoms with van der Waals surface area (Å²) in [5.41, 5.74) is 1.03. The van der Waals surface area contributed by atoms with Crippen molar-refractivity contribution in [2.45, 2.75) is 24.7 Å². The third-order valence-electron chi connectivity index (χ3n) is 4.88. The fraction of sp³-hybridized carbons (Fsp3) is 0.250. The number of ether oxygens (including phenoxy) is 1. The average Bonchev–Trinajstić information content (AvgIpc) is 3.32. The number of hydrogen-bond acceptors (Lipinski definition) is 6. The summed E-state index contributed by atoms with van der Waals surface area (Å²) in [5.74, 6) is 0.427. The van der Waals surface area contributed by atoms with Crippen LogP contribution in [0.4, 0.5) is 11.5 Å². The Labute approximate surface area is 195 Å². The van der Waals surface area contributed by atoms with E-state index in [1.807, 2.05) is 0 Å². The topological polar surface area (TPSA) is 106 Å². The van der Waals surface area contributed by atoms with Crippen molar-refractivity contribution in [3.05, 3.63) is 52.3 Å². The molecule has 3 heterocycles. The van der Waals surface area contributed by atoms with Crippen molar-refractivity contribution in [3.63, 3.8) is 0 Å². The molecule has 1 aliphatic heterocycles. The minimum absolute atomic E-state index is 0.0522. The molecule has 0 unspecified atom stereocenters. The second-order valence-corrected chi connectivity index (χ2v) is 9.63. The summed E-state index contributed by atoms with van der Waals surface area (Å²) in [7, 11) is -2.76. The molecule has 1 N–H and O–H groups in total. The summed E-state index contributed by atoms with van der Waals surface area (Å²) in [6, 6.07) is 7.64. The number of rotatable bonds is 6. The number of aromatic nitrogens is 3. The molecule has 1 fully saturated rings. The number of carbonyl (C=O) groups excluding carboxylic acids is 1. The zero-order valence-corrected chi connectivity index (χ0v) is 19.5. The Balaban J connectivity index is 1.75. The highest BCUT2D eigenvalue weighted by Crippen LogP contribution is 2.33. The van der Waals surface area contributed by atoms with Crippen LogP contribution in [0.1, 0.15) is 18.5 Å². The molecule has 1 aromatic carbocycles. The van der Waals surface area contributed by atoms with E-state index >= 15 is 0 Å². The van der Waals surface area contributed by atoms with E-state index in [1.165, 1.54) is 36.2 Å². The van der Waals surface area contributed by atoms with Crippen LogP contribution >= 0.6 is 23.2 Å². The van der Waals surface area contributed by atoms with Gasteiger partial charge in [0.05, 0.1) is 22.8 Å². The molecular formula is C20H19Cl2N5O4S. The number of methoxy groups -OCH3 is 1. The van der Waals surface area contributed by atoms with E-state index in [9.17, 15) is 13.2 Å². The molecule has 1 amide bonds. The molecule has 0 saturated carbocycles. The molecular weight excluding hydrogens is 477 g/mol. The standard InChI is InChI=1S/C20H19Cl2N5O4S/c1-12-8-18(27(24-12)20-15(22)9-13(21)11-23-20)25-32(29,30)17-10-14(5-6-16(17)31-2)26-7-3-4-19(26)28/h5-6,8-11,25H,3-4,7H2,1-2H3. The first-order valence-electron chi connectivity index (χ1n) is 9.59. The maximum absolute atomic E-state index is 13.4. The van der Waals surface area contributed by atoms with E-state index in [-0.39, 0.29) is 33.2 Å². The summed E-state index contributed by atoms with van der Waals surface area (Å²) in [6.45, 7) is 2.24. The van der Waals surface area contributed by atoms with Crippen LogP contribution in [0, 0.1) is 6.92 Å². The number of halogens is 2. The molecule has 4 rings (SSSR count). The molecule has 3 aromatic rings. The van der Waals surface area contributed by atoms with E-state index in [0.29, 0.717) is 29.4 Å². The second kappa shape index (κ2) is 8.61. The van der Waals surface area contributed by atoms with Gasteiger partial charge in [-0.15, -0.1) is 0 Å². The Morgan fingerprint density at radius 1 is 1.19 bits per heavy atom. The van der Waals surface area contributed by atoms with Crippen LogP contribution in [0.2, 0.25) is 10.0 Å². The quantitative estimate of drug-likeness (QED) is 0.556. The van der Waals surface area contributed by atoms with Crippen LogP contribution < -0.4 is 14.4 Å². The lowest BCUT2D eigenvalue weighted by molar-refractivity contribution is -0.117. The van der Waals surface area contributed by atoms with Gasteiger partial charge in [-0.3, -0.25) is 9.52 Å². The largest absolute Gasteiger partial charge is 0.495 e. The van der Waals surface area contributed by atoms with Crippen molar-refractivity contribution >= 4 is 50.6 Å². The number of benzene rings is 1. The zero-order chi connectivity index (χ0) is 23.0. The Hall–Kier alpha value is -2.82. The molecule has 1 saturated heterocycles. The minimum atomic E-state index is -4.13. The van der Waals surface area contributed by atoms with Crippen molar-refractivity contribution in [3.8, 4) is 11.6 Å². The summed E-state index contributed by atoms with van der Waals surface area (Å²) in [6.07, 6.45) is 2.54. The Bertz CT molecular complexity index is 1310. The van der Waals surface area contributed by atoms with Crippen molar-refractivity contribution in [1.29, 1.82) is 0 Å². The van der Waals surface area contributed by atoms with Gasteiger partial charge in [0.2, 0.25) is 5.91 Å². The monoisotopic (exact) mass is 495 g/mol. The van der Waals surface area contributed by atoms with Crippen LogP contribution in [0.3, 0.4) is 0 Å². The van der Waals surface area contributed by atoms with Crippen LogP contribution in [0.25, 0.3) is 5.82 Å². The van der Waals surface area contributed by atoms with E-state index in [2.05, 4.69) is 14.8 Å². The molecule has 0 atom stereocenters. The van der Waals surface area contributed by atoms with Gasteiger partial charge in [0, 0.05) is 30.9 Å². The van der Waals surface area contributed by atoms with Crippen molar-refractivity contribution in [2.75, 3.05) is 23.3 Å². The summed E-state index contributed by atoms with van der Waals surface area (Å²) >= 11 is 12.2. The molecule has 12 heteroatoms. The molecule has 32 heavy (non-hydrogen) atoms. The van der Waals surface area contributed by atoms with Gasteiger partial charge in [0.25, 0.3) is 10.0 Å². The number of hydrogen-bond donors (Lipinski definition) is 1. The number of pyridine rings is 1. The number of carbonyl (C=O) groups is 1. The van der Waals surface area contributed by atoms with E-state index < -0.39 is 10.0 Å². The Morgan fingerprint density at radius 2 is 1.97 bits per heavy atom. The Kier molecular flexibility index (Phi) is 6.02. The first-order valence-corrected chi connectivity index (χ1v) is 11.8. The number of nitrogens with one attached hydrogen (secondary N) is 1. The van der Waals surface area contributed by atoms with Crippen molar-refractivity contribution in [1.82, 2.24) is 14.8 Å². The molecule has 0 bridgehead atoms. The summed E-state index contributed by atoms with van der Waals surface area (Å²) < 4.78 is 35.8. The lowest BCUT2D eigenvalue weighted by atomic mass is 10.3. The normalized spacial score (nSPS) is 14.1. The minimum Gasteiger partial charge on any atom is -0.495 e. The van der Waals surface area contributed by atoms with Crippen molar-refractivity contribution < 1.29 is 17.9 Å². The first-order chi connectivity index (χ1) is 15.2. The highest BCUT2D eigenvalue weighted by molar-refractivity contribution is 7.92. The average molecular weight is 496 g/mol. The number of amides is 1. The molecule has 0 aliphatic carbocycles. The molecule has 0 radical (unpaired) electrons. The number of sulfonamides is 1. The SMILES string of the molecule is COc1ccc(N2CCCC2=O)cc1S(=O)(=O)Nc1cc(C)nn1-c1ncc(Cl)cc1Cl. The zero-order valence-electron chi connectivity index (χ0n) is 17.2. The van der Waals surface area contributed by atoms with E-state index in [0.717, 1.165) is 6.42 Å². The van der Waals surface area contributed by atoms with Gasteiger partial charge in [-0.2, -0.15) is 9.78 Å². The lowest BCUT2D eigenvalue weighted by Crippen LogP contribution is -2.24. The maximum atomic E-state index is 13.4. The number of anilines is 2. The van der Waals surface area contributed by atoms with Gasteiger partial charge in [-0.25, -0.2) is 13.4 Å². The van der Waals surface area contributed by atoms with Gasteiger partial charge < -0.3 is 9.64 Å². The Morgan fingerprint density at radius 3 is 2.62 bits per heavy atom. The predicted octanol–water partition coefficient (Wildman–Crippen LogP) is 3.82.